The summed E-state index contributed by atoms with van der Waals surface area (Å²) in [6, 6.07) is 9.37. The Hall–Kier alpha value is -2.68. The molecule has 1 amide bonds. The lowest BCUT2D eigenvalue weighted by atomic mass is 10.3. The predicted molar refractivity (Wildman–Crippen MR) is 82.0 cm³/mol. The van der Waals surface area contributed by atoms with Gasteiger partial charge in [-0.15, -0.1) is 10.2 Å². The first-order valence-corrected chi connectivity index (χ1v) is 7.39. The molecule has 8 nitrogen and oxygen atoms in total. The zero-order valence-electron chi connectivity index (χ0n) is 11.6. The quantitative estimate of drug-likeness (QED) is 0.707. The Bertz CT molecular complexity index is 860. The molecule has 0 atom stereocenters. The van der Waals surface area contributed by atoms with Gasteiger partial charge < -0.3 is 4.90 Å². The van der Waals surface area contributed by atoms with Gasteiger partial charge in [0.25, 0.3) is 11.3 Å². The number of amides is 1. The zero-order chi connectivity index (χ0) is 15.5. The van der Waals surface area contributed by atoms with E-state index in [1.165, 1.54) is 16.3 Å². The molecule has 3 aromatic rings. The van der Waals surface area contributed by atoms with Crippen LogP contribution in [0.2, 0.25) is 0 Å². The number of rotatable bonds is 4. The van der Waals surface area contributed by atoms with Crippen LogP contribution in [0.25, 0.3) is 5.78 Å². The molecule has 22 heavy (non-hydrogen) atoms. The van der Waals surface area contributed by atoms with E-state index in [1.54, 1.807) is 11.9 Å². The van der Waals surface area contributed by atoms with Crippen molar-refractivity contribution in [2.75, 3.05) is 17.7 Å². The van der Waals surface area contributed by atoms with Crippen LogP contribution in [0.4, 0.5) is 5.69 Å². The van der Waals surface area contributed by atoms with Crippen molar-refractivity contribution in [3.8, 4) is 0 Å². The summed E-state index contributed by atoms with van der Waals surface area (Å²) in [6.07, 6.45) is 1.14. The average molecular weight is 316 g/mol. The predicted octanol–water partition coefficient (Wildman–Crippen LogP) is 0.568. The Kier molecular flexibility index (Phi) is 3.88. The number of fused-ring (bicyclic) bond motifs is 1. The highest BCUT2D eigenvalue weighted by atomic mass is 32.2. The zero-order valence-corrected chi connectivity index (χ0v) is 12.4. The second kappa shape index (κ2) is 5.98. The van der Waals surface area contributed by atoms with E-state index >= 15 is 0 Å². The second-order valence-electron chi connectivity index (χ2n) is 4.43. The summed E-state index contributed by atoms with van der Waals surface area (Å²) >= 11 is 1.21. The molecule has 0 spiro atoms. The summed E-state index contributed by atoms with van der Waals surface area (Å²) in [4.78, 5) is 27.4. The number of anilines is 1. The first kappa shape index (κ1) is 14.3. The third kappa shape index (κ3) is 2.84. The number of hydrogen-bond donors (Lipinski definition) is 1. The summed E-state index contributed by atoms with van der Waals surface area (Å²) in [5, 5.41) is 12.1. The van der Waals surface area contributed by atoms with Crippen molar-refractivity contribution in [3.63, 3.8) is 0 Å². The fraction of sp³-hybridized carbons (Fsp3) is 0.154. The van der Waals surface area contributed by atoms with Crippen LogP contribution in [0.1, 0.15) is 0 Å². The van der Waals surface area contributed by atoms with Gasteiger partial charge in [0.05, 0.1) is 5.75 Å². The number of nitrogens with zero attached hydrogens (tertiary/aromatic N) is 5. The van der Waals surface area contributed by atoms with Crippen LogP contribution in [0.3, 0.4) is 0 Å². The number of aromatic amines is 1. The molecule has 0 aliphatic carbocycles. The maximum atomic E-state index is 12.2. The van der Waals surface area contributed by atoms with Crippen LogP contribution in [-0.2, 0) is 4.79 Å². The molecule has 9 heteroatoms. The summed E-state index contributed by atoms with van der Waals surface area (Å²) in [5.41, 5.74) is 0.470. The molecule has 0 aliphatic heterocycles. The van der Waals surface area contributed by atoms with Gasteiger partial charge >= 0.3 is 0 Å². The maximum Gasteiger partial charge on any atom is 0.271 e. The van der Waals surface area contributed by atoms with Crippen LogP contribution < -0.4 is 10.5 Å². The second-order valence-corrected chi connectivity index (χ2v) is 5.37. The number of para-hydroxylation sites is 1. The highest BCUT2D eigenvalue weighted by molar-refractivity contribution is 7.99. The van der Waals surface area contributed by atoms with Crippen molar-refractivity contribution in [2.24, 2.45) is 0 Å². The highest BCUT2D eigenvalue weighted by Crippen LogP contribution is 2.17. The standard InChI is InChI=1S/C13H12N6O2S/c1-18(9-5-3-2-4-6-9)11(21)8-22-13-17-16-12-15-10(20)7-14-19(12)13/h2-7H,8H2,1H3,(H,15,16,20). The molecule has 0 radical (unpaired) electrons. The Morgan fingerprint density at radius 2 is 2.09 bits per heavy atom. The van der Waals surface area contributed by atoms with Crippen LogP contribution in [0.5, 0.6) is 0 Å². The van der Waals surface area contributed by atoms with Gasteiger partial charge in [0.15, 0.2) is 0 Å². The molecular formula is C13H12N6O2S. The SMILES string of the molecule is CN(C(=O)CSc1nnc2[nH]c(=O)cnn12)c1ccccc1. The average Bonchev–Trinajstić information content (AvgIpc) is 2.94. The van der Waals surface area contributed by atoms with E-state index < -0.39 is 0 Å². The minimum Gasteiger partial charge on any atom is -0.315 e. The Morgan fingerprint density at radius 3 is 2.86 bits per heavy atom. The van der Waals surface area contributed by atoms with Gasteiger partial charge in [-0.05, 0) is 12.1 Å². The van der Waals surface area contributed by atoms with E-state index in [0.29, 0.717) is 5.16 Å². The lowest BCUT2D eigenvalue weighted by Crippen LogP contribution is -2.27. The molecule has 0 fully saturated rings. The molecule has 0 unspecified atom stereocenters. The fourth-order valence-corrected chi connectivity index (χ4v) is 2.61. The number of aromatic nitrogens is 5. The summed E-state index contributed by atoms with van der Waals surface area (Å²) in [7, 11) is 1.72. The number of H-pyrrole nitrogens is 1. The van der Waals surface area contributed by atoms with Crippen LogP contribution in [0, 0.1) is 0 Å². The van der Waals surface area contributed by atoms with Crippen molar-refractivity contribution >= 4 is 29.1 Å². The number of benzene rings is 1. The van der Waals surface area contributed by atoms with Crippen molar-refractivity contribution < 1.29 is 4.79 Å². The van der Waals surface area contributed by atoms with Gasteiger partial charge in [-0.1, -0.05) is 30.0 Å². The minimum atomic E-state index is -0.351. The van der Waals surface area contributed by atoms with Crippen molar-refractivity contribution in [3.05, 3.63) is 46.9 Å². The monoisotopic (exact) mass is 316 g/mol. The first-order valence-electron chi connectivity index (χ1n) is 6.40. The molecule has 1 N–H and O–H groups in total. The maximum absolute atomic E-state index is 12.2. The molecular weight excluding hydrogens is 304 g/mol. The lowest BCUT2D eigenvalue weighted by Gasteiger charge is -2.16. The van der Waals surface area contributed by atoms with Crippen LogP contribution in [0.15, 0.2) is 46.5 Å². The minimum absolute atomic E-state index is 0.0719. The third-order valence-corrected chi connectivity index (χ3v) is 3.88. The Labute approximate surface area is 129 Å². The summed E-state index contributed by atoms with van der Waals surface area (Å²) < 4.78 is 1.39. The van der Waals surface area contributed by atoms with Gasteiger partial charge in [-0.25, -0.2) is 0 Å². The molecule has 0 bridgehead atoms. The number of hydrogen-bond acceptors (Lipinski definition) is 6. The molecule has 0 aliphatic rings. The van der Waals surface area contributed by atoms with Gasteiger partial charge in [-0.2, -0.15) is 9.61 Å². The lowest BCUT2D eigenvalue weighted by molar-refractivity contribution is -0.115. The van der Waals surface area contributed by atoms with E-state index in [0.717, 1.165) is 11.9 Å². The Balaban J connectivity index is 1.71. The van der Waals surface area contributed by atoms with Gasteiger partial charge in [-0.3, -0.25) is 14.6 Å². The first-order chi connectivity index (χ1) is 10.6. The molecule has 2 heterocycles. The van der Waals surface area contributed by atoms with Crippen molar-refractivity contribution in [1.82, 2.24) is 24.8 Å². The molecule has 3 rings (SSSR count). The number of nitrogens with one attached hydrogen (secondary N) is 1. The van der Waals surface area contributed by atoms with E-state index in [4.69, 9.17) is 0 Å². The van der Waals surface area contributed by atoms with Crippen LogP contribution >= 0.6 is 11.8 Å². The Morgan fingerprint density at radius 1 is 1.32 bits per heavy atom. The van der Waals surface area contributed by atoms with Crippen molar-refractivity contribution in [1.29, 1.82) is 0 Å². The van der Waals surface area contributed by atoms with E-state index in [2.05, 4.69) is 20.3 Å². The topological polar surface area (TPSA) is 96.2 Å². The summed E-state index contributed by atoms with van der Waals surface area (Å²) in [6.45, 7) is 0. The van der Waals surface area contributed by atoms with E-state index in [1.807, 2.05) is 30.3 Å². The number of thioether (sulfide) groups is 1. The largest absolute Gasteiger partial charge is 0.315 e. The highest BCUT2D eigenvalue weighted by Gasteiger charge is 2.14. The normalized spacial score (nSPS) is 10.8. The van der Waals surface area contributed by atoms with Gasteiger partial charge in [0.1, 0.15) is 6.20 Å². The van der Waals surface area contributed by atoms with Gasteiger partial charge in [0.2, 0.25) is 11.1 Å². The van der Waals surface area contributed by atoms with E-state index in [-0.39, 0.29) is 23.0 Å². The van der Waals surface area contributed by atoms with Crippen LogP contribution in [-0.4, -0.2) is 43.5 Å². The third-order valence-electron chi connectivity index (χ3n) is 2.98. The van der Waals surface area contributed by atoms with Gasteiger partial charge in [0, 0.05) is 12.7 Å². The summed E-state index contributed by atoms with van der Waals surface area (Å²) in [5.74, 6) is 0.365. The molecule has 0 saturated heterocycles. The fourth-order valence-electron chi connectivity index (χ4n) is 1.81. The number of carbonyl (C=O) groups is 1. The molecule has 2 aromatic heterocycles. The smallest absolute Gasteiger partial charge is 0.271 e. The number of carbonyl (C=O) groups excluding carboxylic acids is 1. The molecule has 112 valence electrons. The van der Waals surface area contributed by atoms with E-state index in [9.17, 15) is 9.59 Å². The molecule has 0 saturated carbocycles. The van der Waals surface area contributed by atoms with Crippen molar-refractivity contribution in [2.45, 2.75) is 5.16 Å². The molecule has 1 aromatic carbocycles.